The second-order valence-corrected chi connectivity index (χ2v) is 10.8. The lowest BCUT2D eigenvalue weighted by molar-refractivity contribution is -0.142. The second-order valence-electron chi connectivity index (χ2n) is 10.8. The normalized spacial score (nSPS) is 20.3. The number of amides is 3. The molecule has 0 aliphatic carbocycles. The van der Waals surface area contributed by atoms with Crippen molar-refractivity contribution >= 4 is 23.4 Å². The smallest absolute Gasteiger partial charge is 0.256 e. The fourth-order valence-corrected chi connectivity index (χ4v) is 5.19. The van der Waals surface area contributed by atoms with E-state index in [9.17, 15) is 14.4 Å². The lowest BCUT2D eigenvalue weighted by atomic mass is 9.73. The van der Waals surface area contributed by atoms with Crippen LogP contribution in [0.25, 0.3) is 0 Å². The Balaban J connectivity index is 1.54. The van der Waals surface area contributed by atoms with Gasteiger partial charge in [-0.3, -0.25) is 14.4 Å². The zero-order chi connectivity index (χ0) is 26.6. The molecule has 1 fully saturated rings. The van der Waals surface area contributed by atoms with Crippen molar-refractivity contribution in [1.29, 1.82) is 0 Å². The van der Waals surface area contributed by atoms with Gasteiger partial charge in [-0.25, -0.2) is 5.01 Å². The van der Waals surface area contributed by atoms with Gasteiger partial charge in [0.2, 0.25) is 11.8 Å². The average Bonchev–Trinajstić information content (AvgIpc) is 3.12. The number of piperidine rings is 1. The van der Waals surface area contributed by atoms with Gasteiger partial charge in [0.25, 0.3) is 5.91 Å². The largest absolute Gasteiger partial charge is 0.343 e. The summed E-state index contributed by atoms with van der Waals surface area (Å²) < 4.78 is 0. The molecule has 0 aromatic heterocycles. The first-order valence-corrected chi connectivity index (χ1v) is 12.9. The maximum absolute atomic E-state index is 13.9. The Morgan fingerprint density at radius 1 is 1.08 bits per heavy atom. The van der Waals surface area contributed by atoms with Crippen LogP contribution in [0, 0.1) is 5.41 Å². The molecule has 37 heavy (non-hydrogen) atoms. The first-order chi connectivity index (χ1) is 17.6. The summed E-state index contributed by atoms with van der Waals surface area (Å²) in [6.07, 6.45) is 2.99. The molecule has 0 spiro atoms. The third-order valence-corrected chi connectivity index (χ3v) is 7.26. The van der Waals surface area contributed by atoms with Crippen molar-refractivity contribution < 1.29 is 14.4 Å². The van der Waals surface area contributed by atoms with Crippen LogP contribution in [0.3, 0.4) is 0 Å². The van der Waals surface area contributed by atoms with Gasteiger partial charge >= 0.3 is 0 Å². The third kappa shape index (κ3) is 5.91. The number of likely N-dealkylation sites (tertiary alicyclic amines) is 1. The first kappa shape index (κ1) is 26.5. The minimum absolute atomic E-state index is 0.100. The van der Waals surface area contributed by atoms with Crippen molar-refractivity contribution in [3.63, 3.8) is 0 Å². The van der Waals surface area contributed by atoms with Gasteiger partial charge in [-0.2, -0.15) is 5.10 Å². The molecule has 0 unspecified atom stereocenters. The van der Waals surface area contributed by atoms with Crippen LogP contribution in [-0.4, -0.2) is 65.1 Å². The van der Waals surface area contributed by atoms with Gasteiger partial charge in [-0.05, 0) is 50.7 Å². The van der Waals surface area contributed by atoms with Crippen molar-refractivity contribution in [2.45, 2.75) is 57.5 Å². The first-order valence-electron chi connectivity index (χ1n) is 12.9. The predicted molar refractivity (Wildman–Crippen MR) is 144 cm³/mol. The summed E-state index contributed by atoms with van der Waals surface area (Å²) in [5, 5.41) is 8.85. The number of nitrogens with one attached hydrogen (secondary N) is 1. The van der Waals surface area contributed by atoms with E-state index in [0.717, 1.165) is 24.1 Å². The van der Waals surface area contributed by atoms with Gasteiger partial charge in [0.05, 0.1) is 11.3 Å². The Kier molecular flexibility index (Phi) is 7.78. The molecule has 2 heterocycles. The quantitative estimate of drug-likeness (QED) is 0.548. The molecule has 2 atom stereocenters. The number of hydrogen-bond acceptors (Lipinski definition) is 5. The highest BCUT2D eigenvalue weighted by Crippen LogP contribution is 2.38. The highest BCUT2D eigenvalue weighted by Gasteiger charge is 2.53. The van der Waals surface area contributed by atoms with Crippen molar-refractivity contribution in [3.8, 4) is 0 Å². The molecule has 196 valence electrons. The second kappa shape index (κ2) is 10.8. The number of carbonyl (C=O) groups excluding carboxylic acids is 3. The highest BCUT2D eigenvalue weighted by atomic mass is 16.2. The highest BCUT2D eigenvalue weighted by molar-refractivity contribution is 6.13. The van der Waals surface area contributed by atoms with Crippen molar-refractivity contribution in [2.24, 2.45) is 16.3 Å². The van der Waals surface area contributed by atoms with Crippen LogP contribution in [-0.2, 0) is 27.2 Å². The van der Waals surface area contributed by atoms with Crippen LogP contribution in [0.2, 0.25) is 0 Å². The fourth-order valence-electron chi connectivity index (χ4n) is 5.19. The van der Waals surface area contributed by atoms with E-state index in [2.05, 4.69) is 22.6 Å². The molecule has 2 aliphatic rings. The number of fused-ring (bicyclic) bond motifs is 1. The Bertz CT molecular complexity index is 1160. The van der Waals surface area contributed by atoms with E-state index >= 15 is 0 Å². The Labute approximate surface area is 218 Å². The zero-order valence-electron chi connectivity index (χ0n) is 21.9. The van der Waals surface area contributed by atoms with Crippen LogP contribution < -0.4 is 11.1 Å². The number of hydrazone groups is 1. The molecule has 2 aliphatic heterocycles. The lowest BCUT2D eigenvalue weighted by Crippen LogP contribution is -2.60. The molecular weight excluding hydrogens is 466 g/mol. The predicted octanol–water partition coefficient (Wildman–Crippen LogP) is 2.52. The Morgan fingerprint density at radius 3 is 2.32 bits per heavy atom. The van der Waals surface area contributed by atoms with Gasteiger partial charge in [-0.15, -0.1) is 0 Å². The summed E-state index contributed by atoms with van der Waals surface area (Å²) in [7, 11) is 1.67. The van der Waals surface area contributed by atoms with E-state index in [1.54, 1.807) is 25.8 Å². The molecule has 8 nitrogen and oxygen atoms in total. The van der Waals surface area contributed by atoms with Crippen molar-refractivity contribution in [1.82, 2.24) is 15.2 Å². The van der Waals surface area contributed by atoms with Crippen molar-refractivity contribution in [3.05, 3.63) is 71.8 Å². The maximum Gasteiger partial charge on any atom is 0.256 e. The van der Waals surface area contributed by atoms with E-state index in [1.807, 2.05) is 48.5 Å². The van der Waals surface area contributed by atoms with Gasteiger partial charge < -0.3 is 16.0 Å². The molecule has 1 saturated heterocycles. The Morgan fingerprint density at radius 2 is 1.70 bits per heavy atom. The molecule has 2 aromatic rings. The van der Waals surface area contributed by atoms with Gasteiger partial charge in [0, 0.05) is 26.6 Å². The van der Waals surface area contributed by atoms with Crippen LogP contribution in [0.15, 0.2) is 65.8 Å². The minimum Gasteiger partial charge on any atom is -0.343 e. The number of hydrogen-bond donors (Lipinski definition) is 2. The molecule has 8 heteroatoms. The zero-order valence-corrected chi connectivity index (χ0v) is 21.9. The third-order valence-electron chi connectivity index (χ3n) is 7.26. The number of nitrogens with two attached hydrogens (primary N) is 1. The van der Waals surface area contributed by atoms with E-state index < -0.39 is 17.0 Å². The summed E-state index contributed by atoms with van der Waals surface area (Å²) in [6, 6.07) is 19.2. The molecule has 0 bridgehead atoms. The molecule has 3 amide bonds. The number of aryl methyl sites for hydroxylation is 1. The van der Waals surface area contributed by atoms with Crippen LogP contribution in [0.4, 0.5) is 0 Å². The fraction of sp³-hybridized carbons (Fsp3) is 0.448. The van der Waals surface area contributed by atoms with Crippen LogP contribution in [0.1, 0.15) is 44.2 Å². The monoisotopic (exact) mass is 503 g/mol. The van der Waals surface area contributed by atoms with Gasteiger partial charge in [0.15, 0.2) is 0 Å². The van der Waals surface area contributed by atoms with Gasteiger partial charge in [0.1, 0.15) is 11.5 Å². The molecule has 3 N–H and O–H groups in total. The summed E-state index contributed by atoms with van der Waals surface area (Å²) >= 11 is 0. The number of rotatable bonds is 9. The van der Waals surface area contributed by atoms with Crippen LogP contribution >= 0.6 is 0 Å². The molecule has 0 radical (unpaired) electrons. The van der Waals surface area contributed by atoms with E-state index in [4.69, 9.17) is 5.73 Å². The SMILES string of the molecule is CN1N=C2CCN(C(=O)[C@@H](CCCc3ccccc3)NC(=O)C(C)(C)N)C[C@@]2(Cc2ccccc2)C1=O. The summed E-state index contributed by atoms with van der Waals surface area (Å²) in [6.45, 7) is 3.94. The Hall–Kier alpha value is -3.52. The number of nitrogens with zero attached hydrogens (tertiary/aromatic N) is 3. The maximum atomic E-state index is 13.9. The van der Waals surface area contributed by atoms with Crippen LogP contribution in [0.5, 0.6) is 0 Å². The number of benzene rings is 2. The summed E-state index contributed by atoms with van der Waals surface area (Å²) in [5.74, 6) is -0.656. The average molecular weight is 504 g/mol. The van der Waals surface area contributed by atoms with Crippen molar-refractivity contribution in [2.75, 3.05) is 20.1 Å². The van der Waals surface area contributed by atoms with Gasteiger partial charge in [-0.1, -0.05) is 60.7 Å². The van der Waals surface area contributed by atoms with E-state index in [-0.39, 0.29) is 24.3 Å². The van der Waals surface area contributed by atoms with E-state index in [0.29, 0.717) is 25.8 Å². The molecular formula is C29H37N5O3. The summed E-state index contributed by atoms with van der Waals surface area (Å²) in [4.78, 5) is 41.8. The standard InChI is InChI=1S/C29H37N5O3/c1-28(2,30)26(36)31-23(16-10-15-21-11-6-4-7-12-21)25(35)34-18-17-24-29(20-34,27(37)33(3)32-24)19-22-13-8-5-9-14-22/h4-9,11-14,23H,10,15-20,30H2,1-3H3,(H,31,36)/t23-,29-/m1/s1. The van der Waals surface area contributed by atoms with E-state index in [1.165, 1.54) is 10.6 Å². The minimum atomic E-state index is -1.11. The molecule has 0 saturated carbocycles. The molecule has 4 rings (SSSR count). The lowest BCUT2D eigenvalue weighted by Gasteiger charge is -2.41. The topological polar surface area (TPSA) is 108 Å². The molecule has 2 aromatic carbocycles. The number of carbonyl (C=O) groups is 3. The summed E-state index contributed by atoms with van der Waals surface area (Å²) in [5.41, 5.74) is 7.05.